The average Bonchev–Trinajstić information content (AvgIpc) is 1.48. The molecule has 3 atom stereocenters. The van der Waals surface area contributed by atoms with Crippen molar-refractivity contribution in [3.05, 3.63) is 53.1 Å². The Labute approximate surface area is 564 Å². The smallest absolute Gasteiger partial charge is 0.410 e. The Morgan fingerprint density at radius 2 is 0.708 bits per heavy atom. The standard InChI is InChI=1S/3C22H29N5O4.CH3FS/c3*1-13-19(28)24-23-18-10-30-17-8-14-6-7-26(15(14)9-16(17)27(13)18)22(5)11-25(12-22)20(29)31-21(2,3)4;1-3-2/h3*8-9,13H,6-7,10-12H2,1-5H3,(H,24,28);1H3/t2*13-;;/m10../s1. The third kappa shape index (κ3) is 12.6. The third-order valence-corrected chi connectivity index (χ3v) is 19.1. The molecule has 27 nitrogen and oxygen atoms in total. The maximum atomic E-state index is 12.4. The van der Waals surface area contributed by atoms with Gasteiger partial charge in [0.25, 0.3) is 17.7 Å². The van der Waals surface area contributed by atoms with Crippen LogP contribution in [0.3, 0.4) is 0 Å². The van der Waals surface area contributed by atoms with Gasteiger partial charge in [-0.25, -0.2) is 30.7 Å². The Bertz CT molecular complexity index is 3390. The van der Waals surface area contributed by atoms with Crippen LogP contribution in [-0.4, -0.2) is 205 Å². The number of amidine groups is 3. The second-order valence-electron chi connectivity index (χ2n) is 30.2. The number of anilines is 6. The van der Waals surface area contributed by atoms with E-state index in [-0.39, 0.29) is 82.9 Å². The van der Waals surface area contributed by atoms with Crippen molar-refractivity contribution in [3.63, 3.8) is 0 Å². The van der Waals surface area contributed by atoms with Crippen molar-refractivity contribution in [3.8, 4) is 17.2 Å². The molecule has 6 amide bonds. The van der Waals surface area contributed by atoms with Crippen LogP contribution < -0.4 is 59.9 Å². The van der Waals surface area contributed by atoms with Crippen LogP contribution in [0.15, 0.2) is 51.7 Å². The zero-order valence-electron chi connectivity index (χ0n) is 57.9. The lowest BCUT2D eigenvalue weighted by atomic mass is 9.90. The van der Waals surface area contributed by atoms with E-state index in [1.54, 1.807) is 14.7 Å². The predicted octanol–water partition coefficient (Wildman–Crippen LogP) is 7.50. The summed E-state index contributed by atoms with van der Waals surface area (Å²) in [5, 5.41) is 12.5. The van der Waals surface area contributed by atoms with E-state index in [9.17, 15) is 32.7 Å². The first-order valence-corrected chi connectivity index (χ1v) is 34.0. The van der Waals surface area contributed by atoms with Gasteiger partial charge in [-0.3, -0.25) is 14.4 Å². The molecule has 0 aliphatic carbocycles. The lowest BCUT2D eigenvalue weighted by Gasteiger charge is -2.53. The van der Waals surface area contributed by atoms with E-state index >= 15 is 0 Å². The highest BCUT2D eigenvalue weighted by Crippen LogP contribution is 2.50. The fraction of sp³-hybridized carbons (Fsp3) is 0.597. The van der Waals surface area contributed by atoms with Gasteiger partial charge in [-0.2, -0.15) is 19.2 Å². The van der Waals surface area contributed by atoms with Gasteiger partial charge in [0.05, 0.1) is 33.7 Å². The summed E-state index contributed by atoms with van der Waals surface area (Å²) in [7, 11) is 0. The Morgan fingerprint density at radius 1 is 0.469 bits per heavy atom. The zero-order chi connectivity index (χ0) is 69.1. The van der Waals surface area contributed by atoms with E-state index < -0.39 is 16.8 Å². The van der Waals surface area contributed by atoms with E-state index in [4.69, 9.17) is 28.4 Å². The predicted molar refractivity (Wildman–Crippen MR) is 365 cm³/mol. The molecule has 15 rings (SSSR count). The van der Waals surface area contributed by atoms with Gasteiger partial charge in [-0.05, 0) is 176 Å². The normalized spacial score (nSPS) is 23.1. The quantitative estimate of drug-likeness (QED) is 0.214. The molecule has 3 saturated heterocycles. The molecule has 12 heterocycles. The van der Waals surface area contributed by atoms with Crippen LogP contribution in [0.4, 0.5) is 52.4 Å². The topological polar surface area (TPSA) is 260 Å². The number of ether oxygens (including phenoxy) is 6. The second kappa shape index (κ2) is 24.5. The summed E-state index contributed by atoms with van der Waals surface area (Å²) in [6, 6.07) is 11.5. The number of nitrogens with one attached hydrogen (secondary N) is 3. The number of likely N-dealkylation sites (tertiary alicyclic amines) is 3. The van der Waals surface area contributed by atoms with Crippen molar-refractivity contribution < 1.29 is 61.1 Å². The summed E-state index contributed by atoms with van der Waals surface area (Å²) in [4.78, 5) is 92.2. The summed E-state index contributed by atoms with van der Waals surface area (Å²) in [6.45, 7) is 36.4. The summed E-state index contributed by atoms with van der Waals surface area (Å²) >= 11 is 0.250. The van der Waals surface area contributed by atoms with Crippen molar-refractivity contribution in [1.82, 2.24) is 31.0 Å². The van der Waals surface area contributed by atoms with Crippen molar-refractivity contribution in [1.29, 1.82) is 0 Å². The number of rotatable bonds is 3. The lowest BCUT2D eigenvalue weighted by Crippen LogP contribution is -2.70. The van der Waals surface area contributed by atoms with E-state index in [0.717, 1.165) is 90.3 Å². The first kappa shape index (κ1) is 67.4. The van der Waals surface area contributed by atoms with Crippen LogP contribution in [0, 0.1) is 0 Å². The molecule has 0 bridgehead atoms. The molecular formula is C67H90FN15O12S. The number of hydrogen-bond donors (Lipinski definition) is 3. The van der Waals surface area contributed by atoms with Gasteiger partial charge in [-0.1, -0.05) is 0 Å². The third-order valence-electron chi connectivity index (χ3n) is 19.1. The van der Waals surface area contributed by atoms with Crippen LogP contribution in [0.1, 0.15) is 121 Å². The molecule has 3 fully saturated rings. The number of carbonyl (C=O) groups is 6. The highest BCUT2D eigenvalue weighted by atomic mass is 32.2. The molecule has 1 unspecified atom stereocenters. The summed E-state index contributed by atoms with van der Waals surface area (Å²) in [5.74, 6) is 4.08. The minimum Gasteiger partial charge on any atom is -0.483 e. The Morgan fingerprint density at radius 3 is 0.938 bits per heavy atom. The van der Waals surface area contributed by atoms with Crippen LogP contribution in [0.5, 0.6) is 17.2 Å². The van der Waals surface area contributed by atoms with Crippen LogP contribution in [-0.2, 0) is 47.9 Å². The van der Waals surface area contributed by atoms with Crippen LogP contribution in [0.2, 0.25) is 0 Å². The number of carbonyl (C=O) groups excluding carboxylic acids is 6. The second-order valence-corrected chi connectivity index (χ2v) is 30.5. The molecule has 3 aromatic carbocycles. The number of hydrazone groups is 3. The molecule has 0 radical (unpaired) electrons. The maximum absolute atomic E-state index is 12.4. The highest BCUT2D eigenvalue weighted by molar-refractivity contribution is 7.93. The number of hydrogen-bond acceptors (Lipinski definition) is 22. The van der Waals surface area contributed by atoms with Crippen molar-refractivity contribution >= 4 is 99.8 Å². The maximum Gasteiger partial charge on any atom is 0.410 e. The van der Waals surface area contributed by atoms with E-state index in [1.807, 2.05) is 97.8 Å². The number of nitrogens with zero attached hydrogens (tertiary/aromatic N) is 12. The number of fused-ring (bicyclic) bond motifs is 12. The molecule has 0 spiro atoms. The number of amides is 6. The van der Waals surface area contributed by atoms with Crippen LogP contribution >= 0.6 is 12.1 Å². The van der Waals surface area contributed by atoms with Crippen molar-refractivity contribution in [2.75, 3.05) is 114 Å². The fourth-order valence-electron chi connectivity index (χ4n) is 14.6. The summed E-state index contributed by atoms with van der Waals surface area (Å²) in [5.41, 5.74) is 15.4. The lowest BCUT2D eigenvalue weighted by molar-refractivity contribution is -0.123. The van der Waals surface area contributed by atoms with Gasteiger partial charge in [0.15, 0.2) is 17.5 Å². The summed E-state index contributed by atoms with van der Waals surface area (Å²) < 4.78 is 44.6. The van der Waals surface area contributed by atoms with E-state index in [0.29, 0.717) is 76.6 Å². The molecule has 12 aliphatic rings. The minimum atomic E-state index is -0.501. The highest BCUT2D eigenvalue weighted by Gasteiger charge is 2.53. The van der Waals surface area contributed by atoms with Gasteiger partial charge in [-0.15, -0.1) is 0 Å². The Hall–Kier alpha value is -8.63. The molecule has 96 heavy (non-hydrogen) atoms. The van der Waals surface area contributed by atoms with E-state index in [2.05, 4.69) is 103 Å². The van der Waals surface area contributed by atoms with Gasteiger partial charge in [0.1, 0.15) is 72.0 Å². The fourth-order valence-corrected chi connectivity index (χ4v) is 14.6. The Balaban J connectivity index is 0.000000135. The first-order chi connectivity index (χ1) is 45.1. The molecule has 3 aromatic rings. The van der Waals surface area contributed by atoms with Gasteiger partial charge in [0, 0.05) is 94.4 Å². The number of halogens is 1. The van der Waals surface area contributed by atoms with Crippen molar-refractivity contribution in [2.45, 2.75) is 175 Å². The number of benzene rings is 3. The monoisotopic (exact) mass is 1350 g/mol. The molecule has 3 N–H and O–H groups in total. The molecule has 0 aromatic heterocycles. The van der Waals surface area contributed by atoms with Gasteiger partial charge >= 0.3 is 18.3 Å². The largest absolute Gasteiger partial charge is 0.483 e. The van der Waals surface area contributed by atoms with Crippen LogP contribution in [0.25, 0.3) is 0 Å². The molecule has 29 heteroatoms. The van der Waals surface area contributed by atoms with Crippen molar-refractivity contribution in [2.24, 2.45) is 15.3 Å². The average molecular weight is 1350 g/mol. The zero-order valence-corrected chi connectivity index (χ0v) is 58.7. The minimum absolute atomic E-state index is 0.132. The molecule has 0 saturated carbocycles. The SMILES string of the molecule is CC1C(=O)NN=C2COc3cc4c(cc3N21)N(C1(C)CN(C(=O)OC(C)(C)C)C1)CC4.CSF.C[C@@H]1C(=O)NN=C2COc3cc4c(cc3N21)N(C1(C)CN(C(=O)OC(C)(C)C)C1)CC4.C[C@H]1C(=O)NN=C2COc3cc4c(cc3N21)N(C1(C)CN(C(=O)OC(C)(C)C)C1)CC4. The molecular weight excluding hydrogens is 1260 g/mol. The van der Waals surface area contributed by atoms with Gasteiger partial charge < -0.3 is 72.5 Å². The molecule has 518 valence electrons. The van der Waals surface area contributed by atoms with Gasteiger partial charge in [0.2, 0.25) is 0 Å². The first-order valence-electron chi connectivity index (χ1n) is 32.9. The van der Waals surface area contributed by atoms with E-state index in [1.165, 1.54) is 22.9 Å². The Kier molecular flexibility index (Phi) is 17.2. The molecule has 12 aliphatic heterocycles. The summed E-state index contributed by atoms with van der Waals surface area (Å²) in [6.07, 6.45) is 3.34.